The van der Waals surface area contributed by atoms with E-state index >= 15 is 0 Å². The standard InChI is InChI=1S/C32H47N3O4/c1-8-9-10-14-20-35(30(37)27(23(2)3)34-31(38)39-32(5,6)7)28(26-19-15-16-24(4)21-26)29(36)33-22-25-17-12-11-13-18-25/h11-13,15-19,21,23,27-28H,8-10,14,20,22H2,1-7H3,(H,33,36)(H,34,38). The third-order valence-corrected chi connectivity index (χ3v) is 6.37. The lowest BCUT2D eigenvalue weighted by Gasteiger charge is -2.36. The molecule has 2 rings (SSSR count). The van der Waals surface area contributed by atoms with Crippen LogP contribution >= 0.6 is 0 Å². The summed E-state index contributed by atoms with van der Waals surface area (Å²) >= 11 is 0. The van der Waals surface area contributed by atoms with Crippen LogP contribution in [0.15, 0.2) is 54.6 Å². The number of hydrogen-bond donors (Lipinski definition) is 2. The van der Waals surface area contributed by atoms with Crippen LogP contribution in [0.2, 0.25) is 0 Å². The SMILES string of the molecule is CCCCCCN(C(=O)C(NC(=O)OC(C)(C)C)C(C)C)C(C(=O)NCc1ccccc1)c1cccc(C)c1. The second-order valence-electron chi connectivity index (χ2n) is 11.5. The smallest absolute Gasteiger partial charge is 0.408 e. The number of alkyl carbamates (subject to hydrolysis) is 1. The molecular formula is C32H47N3O4. The van der Waals surface area contributed by atoms with Crippen LogP contribution in [0, 0.1) is 12.8 Å². The summed E-state index contributed by atoms with van der Waals surface area (Å²) in [5.74, 6) is -0.768. The van der Waals surface area contributed by atoms with E-state index in [9.17, 15) is 14.4 Å². The van der Waals surface area contributed by atoms with E-state index in [1.54, 1.807) is 25.7 Å². The molecule has 0 aliphatic carbocycles. The molecule has 0 aromatic heterocycles. The summed E-state index contributed by atoms with van der Waals surface area (Å²) in [5, 5.41) is 5.83. The highest BCUT2D eigenvalue weighted by Crippen LogP contribution is 2.26. The first-order chi connectivity index (χ1) is 18.4. The van der Waals surface area contributed by atoms with E-state index in [1.165, 1.54) is 0 Å². The van der Waals surface area contributed by atoms with E-state index < -0.39 is 23.8 Å². The van der Waals surface area contributed by atoms with Gasteiger partial charge in [-0.05, 0) is 51.2 Å². The van der Waals surface area contributed by atoms with Crippen molar-refractivity contribution in [3.8, 4) is 0 Å². The highest BCUT2D eigenvalue weighted by Gasteiger charge is 2.37. The predicted octanol–water partition coefficient (Wildman–Crippen LogP) is 6.31. The summed E-state index contributed by atoms with van der Waals surface area (Å²) in [4.78, 5) is 42.4. The first-order valence-electron chi connectivity index (χ1n) is 14.1. The molecule has 0 saturated heterocycles. The highest BCUT2D eigenvalue weighted by atomic mass is 16.6. The van der Waals surface area contributed by atoms with Crippen LogP contribution in [0.1, 0.15) is 90.0 Å². The molecule has 0 fully saturated rings. The Balaban J connectivity index is 2.45. The molecule has 2 unspecified atom stereocenters. The summed E-state index contributed by atoms with van der Waals surface area (Å²) in [7, 11) is 0. The molecule has 2 atom stereocenters. The van der Waals surface area contributed by atoms with Crippen LogP contribution in [-0.4, -0.2) is 41.0 Å². The molecule has 2 aromatic rings. The Hall–Kier alpha value is -3.35. The number of carbonyl (C=O) groups is 3. The van der Waals surface area contributed by atoms with E-state index in [2.05, 4.69) is 17.6 Å². The van der Waals surface area contributed by atoms with E-state index in [0.717, 1.165) is 42.4 Å². The monoisotopic (exact) mass is 537 g/mol. The molecule has 0 saturated carbocycles. The molecule has 2 N–H and O–H groups in total. The molecule has 39 heavy (non-hydrogen) atoms. The van der Waals surface area contributed by atoms with Crippen molar-refractivity contribution in [3.63, 3.8) is 0 Å². The molecule has 0 aliphatic heterocycles. The van der Waals surface area contributed by atoms with Crippen LogP contribution in [0.3, 0.4) is 0 Å². The number of hydrogen-bond acceptors (Lipinski definition) is 4. The predicted molar refractivity (Wildman–Crippen MR) is 156 cm³/mol. The quantitative estimate of drug-likeness (QED) is 0.293. The summed E-state index contributed by atoms with van der Waals surface area (Å²) < 4.78 is 5.46. The van der Waals surface area contributed by atoms with Crippen molar-refractivity contribution in [3.05, 3.63) is 71.3 Å². The summed E-state index contributed by atoms with van der Waals surface area (Å²) in [6, 6.07) is 15.7. The second kappa shape index (κ2) is 15.3. The molecule has 0 bridgehead atoms. The van der Waals surface area contributed by atoms with Crippen LogP contribution in [0.4, 0.5) is 4.79 Å². The highest BCUT2D eigenvalue weighted by molar-refractivity contribution is 5.92. The Morgan fingerprint density at radius 1 is 0.949 bits per heavy atom. The van der Waals surface area contributed by atoms with Gasteiger partial charge in [0.25, 0.3) is 0 Å². The van der Waals surface area contributed by atoms with Crippen molar-refractivity contribution in [2.24, 2.45) is 5.92 Å². The Labute approximate surface area is 234 Å². The molecule has 2 aromatic carbocycles. The van der Waals surface area contributed by atoms with E-state index in [-0.39, 0.29) is 17.7 Å². The minimum atomic E-state index is -0.847. The Morgan fingerprint density at radius 3 is 2.23 bits per heavy atom. The summed E-state index contributed by atoms with van der Waals surface area (Å²) in [5.41, 5.74) is 2.01. The zero-order valence-corrected chi connectivity index (χ0v) is 24.8. The van der Waals surface area contributed by atoms with Gasteiger partial charge in [0, 0.05) is 13.1 Å². The average Bonchev–Trinajstić information content (AvgIpc) is 2.86. The first-order valence-corrected chi connectivity index (χ1v) is 14.1. The largest absolute Gasteiger partial charge is 0.444 e. The van der Waals surface area contributed by atoms with Gasteiger partial charge in [0.15, 0.2) is 0 Å². The molecule has 0 heterocycles. The van der Waals surface area contributed by atoms with Gasteiger partial charge < -0.3 is 20.3 Å². The fourth-order valence-electron chi connectivity index (χ4n) is 4.40. The molecule has 0 aliphatic rings. The number of aryl methyl sites for hydroxylation is 1. The van der Waals surface area contributed by atoms with Crippen molar-refractivity contribution in [1.29, 1.82) is 0 Å². The number of carbonyl (C=O) groups excluding carboxylic acids is 3. The number of benzene rings is 2. The third kappa shape index (κ3) is 10.7. The van der Waals surface area contributed by atoms with Gasteiger partial charge in [-0.1, -0.05) is 100 Å². The van der Waals surface area contributed by atoms with E-state index in [1.807, 2.05) is 75.4 Å². The molecule has 7 nitrogen and oxygen atoms in total. The van der Waals surface area contributed by atoms with Gasteiger partial charge in [-0.15, -0.1) is 0 Å². The third-order valence-electron chi connectivity index (χ3n) is 6.37. The van der Waals surface area contributed by atoms with Crippen LogP contribution < -0.4 is 10.6 Å². The van der Waals surface area contributed by atoms with Crippen molar-refractivity contribution < 1.29 is 19.1 Å². The van der Waals surface area contributed by atoms with Crippen molar-refractivity contribution in [2.45, 2.75) is 98.4 Å². The molecule has 0 spiro atoms. The van der Waals surface area contributed by atoms with Gasteiger partial charge in [-0.2, -0.15) is 0 Å². The van der Waals surface area contributed by atoms with Crippen molar-refractivity contribution in [2.75, 3.05) is 6.54 Å². The number of nitrogens with zero attached hydrogens (tertiary/aromatic N) is 1. The van der Waals surface area contributed by atoms with Crippen molar-refractivity contribution >= 4 is 17.9 Å². The minimum absolute atomic E-state index is 0.214. The molecule has 0 radical (unpaired) electrons. The summed E-state index contributed by atoms with van der Waals surface area (Å²) in [6.07, 6.45) is 3.15. The van der Waals surface area contributed by atoms with E-state index in [0.29, 0.717) is 13.1 Å². The number of unbranched alkanes of at least 4 members (excludes halogenated alkanes) is 3. The van der Waals surface area contributed by atoms with Gasteiger partial charge in [0.2, 0.25) is 11.8 Å². The molecule has 214 valence electrons. The molecule has 7 heteroatoms. The normalized spacial score (nSPS) is 12.9. The number of nitrogens with one attached hydrogen (secondary N) is 2. The fraction of sp³-hybridized carbons (Fsp3) is 0.531. The van der Waals surface area contributed by atoms with Crippen LogP contribution in [0.25, 0.3) is 0 Å². The Bertz CT molecular complexity index is 1060. The lowest BCUT2D eigenvalue weighted by atomic mass is 9.97. The Morgan fingerprint density at radius 2 is 1.64 bits per heavy atom. The van der Waals surface area contributed by atoms with Gasteiger partial charge in [-0.3, -0.25) is 9.59 Å². The van der Waals surface area contributed by atoms with Gasteiger partial charge in [-0.25, -0.2) is 4.79 Å². The van der Waals surface area contributed by atoms with Gasteiger partial charge in [0.1, 0.15) is 17.7 Å². The lowest BCUT2D eigenvalue weighted by molar-refractivity contribution is -0.143. The zero-order chi connectivity index (χ0) is 29.0. The fourth-order valence-corrected chi connectivity index (χ4v) is 4.40. The topological polar surface area (TPSA) is 87.7 Å². The first kappa shape index (κ1) is 31.9. The molecule has 3 amide bonds. The lowest BCUT2D eigenvalue weighted by Crippen LogP contribution is -2.55. The summed E-state index contributed by atoms with van der Waals surface area (Å²) in [6.45, 7) is 14.0. The van der Waals surface area contributed by atoms with Crippen LogP contribution in [0.5, 0.6) is 0 Å². The van der Waals surface area contributed by atoms with E-state index in [4.69, 9.17) is 4.74 Å². The number of amides is 3. The maximum absolute atomic E-state index is 14.2. The van der Waals surface area contributed by atoms with Crippen molar-refractivity contribution in [1.82, 2.24) is 15.5 Å². The number of ether oxygens (including phenoxy) is 1. The minimum Gasteiger partial charge on any atom is -0.444 e. The number of rotatable bonds is 13. The van der Waals surface area contributed by atoms with Gasteiger partial charge in [0.05, 0.1) is 0 Å². The zero-order valence-electron chi connectivity index (χ0n) is 24.8. The van der Waals surface area contributed by atoms with Crippen LogP contribution in [-0.2, 0) is 20.9 Å². The van der Waals surface area contributed by atoms with Gasteiger partial charge >= 0.3 is 6.09 Å². The average molecular weight is 538 g/mol. The maximum Gasteiger partial charge on any atom is 0.408 e. The Kier molecular flexibility index (Phi) is 12.5. The maximum atomic E-state index is 14.2. The second-order valence-corrected chi connectivity index (χ2v) is 11.5. The molecular weight excluding hydrogens is 490 g/mol.